The van der Waals surface area contributed by atoms with Crippen LogP contribution in [0.1, 0.15) is 5.76 Å². The zero-order chi connectivity index (χ0) is 18.4. The number of hydrogen-bond donors (Lipinski definition) is 1. The van der Waals surface area contributed by atoms with E-state index in [2.05, 4.69) is 15.4 Å². The van der Waals surface area contributed by atoms with Crippen LogP contribution in [0.2, 0.25) is 5.02 Å². The van der Waals surface area contributed by atoms with Crippen molar-refractivity contribution in [3.8, 4) is 0 Å². The third-order valence-corrected chi connectivity index (χ3v) is 4.29. The topological polar surface area (TPSA) is 95.0 Å². The van der Waals surface area contributed by atoms with Gasteiger partial charge in [-0.25, -0.2) is 4.98 Å². The van der Waals surface area contributed by atoms with Crippen molar-refractivity contribution in [3.05, 3.63) is 51.9 Å². The lowest BCUT2D eigenvalue weighted by molar-refractivity contribution is -0.116. The molecule has 0 saturated carbocycles. The highest BCUT2D eigenvalue weighted by Crippen LogP contribution is 2.30. The Morgan fingerprint density at radius 1 is 1.35 bits per heavy atom. The lowest BCUT2D eigenvalue weighted by Gasteiger charge is -2.08. The molecule has 26 heavy (non-hydrogen) atoms. The minimum atomic E-state index is -0.368. The molecule has 0 radical (unpaired) electrons. The molecule has 1 aromatic carbocycles. The molecule has 0 spiro atoms. The van der Waals surface area contributed by atoms with Gasteiger partial charge in [0.15, 0.2) is 11.2 Å². The predicted octanol–water partition coefficient (Wildman–Crippen LogP) is 2.48. The van der Waals surface area contributed by atoms with E-state index in [-0.39, 0.29) is 18.0 Å². The Balaban J connectivity index is 1.59. The Morgan fingerprint density at radius 2 is 2.15 bits per heavy atom. The second kappa shape index (κ2) is 5.99. The Hall–Kier alpha value is -3.13. The number of carbonyl (C=O) groups excluding carboxylic acids is 1. The first kappa shape index (κ1) is 16.3. The number of fused-ring (bicyclic) bond motifs is 2. The van der Waals surface area contributed by atoms with Crippen molar-refractivity contribution < 1.29 is 9.21 Å². The van der Waals surface area contributed by atoms with E-state index in [0.29, 0.717) is 27.3 Å². The number of amides is 1. The minimum Gasteiger partial charge on any atom is -0.460 e. The van der Waals surface area contributed by atoms with Crippen molar-refractivity contribution in [1.82, 2.24) is 19.3 Å². The van der Waals surface area contributed by atoms with E-state index in [1.807, 2.05) is 13.0 Å². The number of nitrogens with one attached hydrogen (secondary N) is 1. The standard InChI is InChI=1S/C17H14ClN5O3/c1-9-3-10-4-11(5-13(18)15(10)26-9)21-14(24)7-23-8-19-16-12(17(23)25)6-20-22(16)2/h3-6,8H,7H2,1-2H3,(H,21,24). The first-order valence-corrected chi connectivity index (χ1v) is 8.17. The average molecular weight is 372 g/mol. The number of hydrogen-bond acceptors (Lipinski definition) is 5. The summed E-state index contributed by atoms with van der Waals surface area (Å²) < 4.78 is 8.25. The number of benzene rings is 1. The van der Waals surface area contributed by atoms with Crippen LogP contribution in [-0.2, 0) is 18.4 Å². The first-order valence-electron chi connectivity index (χ1n) is 7.79. The number of furan rings is 1. The van der Waals surface area contributed by atoms with Crippen LogP contribution in [-0.4, -0.2) is 25.2 Å². The van der Waals surface area contributed by atoms with Crippen molar-refractivity contribution in [2.75, 3.05) is 5.32 Å². The largest absolute Gasteiger partial charge is 0.460 e. The Kier molecular flexibility index (Phi) is 3.77. The van der Waals surface area contributed by atoms with Crippen LogP contribution in [0.3, 0.4) is 0 Å². The summed E-state index contributed by atoms with van der Waals surface area (Å²) in [6.07, 6.45) is 2.77. The molecule has 3 aromatic heterocycles. The number of aromatic nitrogens is 4. The van der Waals surface area contributed by atoms with Gasteiger partial charge in [-0.1, -0.05) is 11.6 Å². The van der Waals surface area contributed by atoms with Crippen molar-refractivity contribution >= 4 is 45.2 Å². The van der Waals surface area contributed by atoms with Crippen LogP contribution in [0.25, 0.3) is 22.0 Å². The van der Waals surface area contributed by atoms with Gasteiger partial charge in [-0.3, -0.25) is 18.8 Å². The van der Waals surface area contributed by atoms with Crippen LogP contribution in [0.5, 0.6) is 0 Å². The fraction of sp³-hybridized carbons (Fsp3) is 0.176. The normalized spacial score (nSPS) is 11.3. The number of anilines is 1. The lowest BCUT2D eigenvalue weighted by Crippen LogP contribution is -2.27. The monoisotopic (exact) mass is 371 g/mol. The summed E-state index contributed by atoms with van der Waals surface area (Å²) in [4.78, 5) is 28.9. The molecule has 132 valence electrons. The van der Waals surface area contributed by atoms with E-state index < -0.39 is 0 Å². The molecule has 0 unspecified atom stereocenters. The average Bonchev–Trinajstić information content (AvgIpc) is 3.13. The smallest absolute Gasteiger partial charge is 0.264 e. The summed E-state index contributed by atoms with van der Waals surface area (Å²) in [7, 11) is 1.70. The van der Waals surface area contributed by atoms with E-state index in [1.54, 1.807) is 19.2 Å². The Morgan fingerprint density at radius 3 is 2.96 bits per heavy atom. The zero-order valence-corrected chi connectivity index (χ0v) is 14.7. The van der Waals surface area contributed by atoms with Gasteiger partial charge in [0.25, 0.3) is 5.56 Å². The van der Waals surface area contributed by atoms with Crippen LogP contribution < -0.4 is 10.9 Å². The zero-order valence-electron chi connectivity index (χ0n) is 14.0. The van der Waals surface area contributed by atoms with Gasteiger partial charge in [0, 0.05) is 18.1 Å². The fourth-order valence-corrected chi connectivity index (χ4v) is 3.11. The molecule has 1 N–H and O–H groups in total. The van der Waals surface area contributed by atoms with Gasteiger partial charge in [0.1, 0.15) is 24.0 Å². The summed E-state index contributed by atoms with van der Waals surface area (Å²) in [5.41, 5.74) is 1.25. The van der Waals surface area contributed by atoms with Crippen molar-refractivity contribution in [1.29, 1.82) is 0 Å². The van der Waals surface area contributed by atoms with Crippen molar-refractivity contribution in [2.24, 2.45) is 7.05 Å². The molecule has 0 saturated heterocycles. The molecule has 9 heteroatoms. The van der Waals surface area contributed by atoms with E-state index in [0.717, 1.165) is 11.1 Å². The molecular formula is C17H14ClN5O3. The van der Waals surface area contributed by atoms with Crippen LogP contribution in [0.15, 0.2) is 39.9 Å². The maximum absolute atomic E-state index is 12.4. The summed E-state index contributed by atoms with van der Waals surface area (Å²) in [5, 5.41) is 8.30. The van der Waals surface area contributed by atoms with E-state index in [9.17, 15) is 9.59 Å². The maximum atomic E-state index is 12.4. The van der Waals surface area contributed by atoms with E-state index in [1.165, 1.54) is 21.8 Å². The molecule has 0 aliphatic rings. The predicted molar refractivity (Wildman–Crippen MR) is 97.4 cm³/mol. The van der Waals surface area contributed by atoms with Crippen molar-refractivity contribution in [2.45, 2.75) is 13.5 Å². The van der Waals surface area contributed by atoms with Gasteiger partial charge >= 0.3 is 0 Å². The van der Waals surface area contributed by atoms with Gasteiger partial charge in [0.2, 0.25) is 5.91 Å². The van der Waals surface area contributed by atoms with Crippen LogP contribution in [0, 0.1) is 6.92 Å². The maximum Gasteiger partial charge on any atom is 0.264 e. The first-order chi connectivity index (χ1) is 12.4. The highest BCUT2D eigenvalue weighted by Gasteiger charge is 2.13. The molecule has 4 aromatic rings. The Bertz CT molecular complexity index is 1220. The van der Waals surface area contributed by atoms with E-state index >= 15 is 0 Å². The minimum absolute atomic E-state index is 0.170. The van der Waals surface area contributed by atoms with Gasteiger partial charge in [-0.2, -0.15) is 5.10 Å². The molecule has 0 aliphatic carbocycles. The second-order valence-corrected chi connectivity index (χ2v) is 6.37. The lowest BCUT2D eigenvalue weighted by atomic mass is 10.2. The number of aryl methyl sites for hydroxylation is 2. The number of rotatable bonds is 3. The third kappa shape index (κ3) is 2.74. The number of carbonyl (C=O) groups is 1. The Labute approximate surface area is 152 Å². The molecule has 3 heterocycles. The van der Waals surface area contributed by atoms with E-state index in [4.69, 9.17) is 16.0 Å². The van der Waals surface area contributed by atoms with Gasteiger partial charge in [-0.05, 0) is 25.1 Å². The number of halogens is 1. The van der Waals surface area contributed by atoms with Crippen LogP contribution >= 0.6 is 11.6 Å². The molecular weight excluding hydrogens is 358 g/mol. The fourth-order valence-electron chi connectivity index (χ4n) is 2.85. The highest BCUT2D eigenvalue weighted by atomic mass is 35.5. The molecule has 0 aliphatic heterocycles. The molecule has 8 nitrogen and oxygen atoms in total. The van der Waals surface area contributed by atoms with Gasteiger partial charge < -0.3 is 9.73 Å². The molecule has 0 atom stereocenters. The third-order valence-electron chi connectivity index (χ3n) is 4.01. The number of nitrogens with zero attached hydrogens (tertiary/aromatic N) is 4. The summed E-state index contributed by atoms with van der Waals surface area (Å²) in [6, 6.07) is 5.21. The van der Waals surface area contributed by atoms with Gasteiger partial charge in [0.05, 0.1) is 11.2 Å². The molecule has 0 bridgehead atoms. The molecule has 0 fully saturated rings. The second-order valence-electron chi connectivity index (χ2n) is 5.96. The highest BCUT2D eigenvalue weighted by molar-refractivity contribution is 6.35. The van der Waals surface area contributed by atoms with Crippen LogP contribution in [0.4, 0.5) is 5.69 Å². The summed E-state index contributed by atoms with van der Waals surface area (Å²) in [5.74, 6) is 0.362. The quantitative estimate of drug-likeness (QED) is 0.597. The molecule has 1 amide bonds. The summed E-state index contributed by atoms with van der Waals surface area (Å²) in [6.45, 7) is 1.65. The van der Waals surface area contributed by atoms with Crippen molar-refractivity contribution in [3.63, 3.8) is 0 Å². The summed E-state index contributed by atoms with van der Waals surface area (Å²) >= 11 is 6.19. The van der Waals surface area contributed by atoms with Gasteiger partial charge in [-0.15, -0.1) is 0 Å². The molecule has 4 rings (SSSR count). The SMILES string of the molecule is Cc1cc2cc(NC(=O)Cn3cnc4c(cnn4C)c3=O)cc(Cl)c2o1.